The van der Waals surface area contributed by atoms with E-state index >= 15 is 0 Å². The average molecular weight is 229 g/mol. The summed E-state index contributed by atoms with van der Waals surface area (Å²) in [6.07, 6.45) is 0. The highest BCUT2D eigenvalue weighted by Crippen LogP contribution is 2.37. The molecule has 0 saturated carbocycles. The van der Waals surface area contributed by atoms with E-state index in [9.17, 15) is 18.6 Å². The van der Waals surface area contributed by atoms with E-state index in [2.05, 4.69) is 0 Å². The van der Waals surface area contributed by atoms with Crippen molar-refractivity contribution in [2.75, 3.05) is 0 Å². The molecule has 2 rings (SSSR count). The summed E-state index contributed by atoms with van der Waals surface area (Å²) in [5.41, 5.74) is 0.00926. The lowest BCUT2D eigenvalue weighted by Gasteiger charge is -2.00. The van der Waals surface area contributed by atoms with Gasteiger partial charge >= 0.3 is 10.3 Å². The molecule has 6 nitrogen and oxygen atoms in total. The molecule has 0 bridgehead atoms. The summed E-state index contributed by atoms with van der Waals surface area (Å²) in [5.74, 6) is -1.48. The van der Waals surface area contributed by atoms with E-state index in [1.165, 1.54) is 18.2 Å². The molecule has 0 radical (unpaired) electrons. The van der Waals surface area contributed by atoms with E-state index < -0.39 is 21.9 Å². The van der Waals surface area contributed by atoms with Crippen molar-refractivity contribution < 1.29 is 23.2 Å². The van der Waals surface area contributed by atoms with Gasteiger partial charge in [0.2, 0.25) is 0 Å². The summed E-state index contributed by atoms with van der Waals surface area (Å²) in [4.78, 5) is 0. The van der Waals surface area contributed by atoms with E-state index in [-0.39, 0.29) is 14.9 Å². The lowest BCUT2D eigenvalue weighted by Crippen LogP contribution is -2.09. The summed E-state index contributed by atoms with van der Waals surface area (Å²) in [6.45, 7) is 0. The molecule has 1 aromatic heterocycles. The van der Waals surface area contributed by atoms with Gasteiger partial charge in [0.25, 0.3) is 5.88 Å². The van der Waals surface area contributed by atoms with Gasteiger partial charge in [-0.05, 0) is 12.1 Å². The number of benzene rings is 1. The van der Waals surface area contributed by atoms with Crippen molar-refractivity contribution in [2.45, 2.75) is 0 Å². The predicted molar refractivity (Wildman–Crippen MR) is 52.2 cm³/mol. The third-order valence-corrected chi connectivity index (χ3v) is 2.84. The van der Waals surface area contributed by atoms with Crippen LogP contribution >= 0.6 is 0 Å². The molecule has 0 spiro atoms. The highest BCUT2D eigenvalue weighted by Gasteiger charge is 2.22. The van der Waals surface area contributed by atoms with Crippen LogP contribution in [0.4, 0.5) is 0 Å². The second-order valence-electron chi connectivity index (χ2n) is 2.93. The molecule has 80 valence electrons. The Balaban J connectivity index is 3.03. The van der Waals surface area contributed by atoms with Gasteiger partial charge in [0, 0.05) is 5.39 Å². The van der Waals surface area contributed by atoms with E-state index in [1.807, 2.05) is 0 Å². The van der Waals surface area contributed by atoms with Gasteiger partial charge in [0.15, 0.2) is 5.75 Å². The fourth-order valence-corrected chi connectivity index (χ4v) is 2.13. The van der Waals surface area contributed by atoms with E-state index in [0.717, 1.165) is 0 Å². The molecule has 2 aromatic rings. The predicted octanol–water partition coefficient (Wildman–Crippen LogP) is 0.703. The van der Waals surface area contributed by atoms with E-state index in [0.29, 0.717) is 0 Å². The smallest absolute Gasteiger partial charge is 0.366 e. The summed E-state index contributed by atoms with van der Waals surface area (Å²) in [7, 11) is -4.63. The summed E-state index contributed by atoms with van der Waals surface area (Å²) in [5, 5.41) is 18.9. The molecule has 0 unspecified atom stereocenters. The number of hydrogen-bond donors (Lipinski definition) is 3. The second-order valence-corrected chi connectivity index (χ2v) is 4.19. The van der Waals surface area contributed by atoms with Crippen molar-refractivity contribution in [1.29, 1.82) is 0 Å². The Bertz CT molecular complexity index is 628. The zero-order valence-corrected chi connectivity index (χ0v) is 8.14. The topological polar surface area (TPSA) is 99.8 Å². The van der Waals surface area contributed by atoms with Crippen LogP contribution < -0.4 is 0 Å². The van der Waals surface area contributed by atoms with Crippen molar-refractivity contribution in [3.8, 4) is 11.6 Å². The van der Waals surface area contributed by atoms with Crippen molar-refractivity contribution in [1.82, 2.24) is 3.97 Å². The summed E-state index contributed by atoms with van der Waals surface area (Å²) < 4.78 is 31.0. The monoisotopic (exact) mass is 229 g/mol. The third-order valence-electron chi connectivity index (χ3n) is 2.01. The van der Waals surface area contributed by atoms with Crippen LogP contribution in [0.15, 0.2) is 24.3 Å². The quantitative estimate of drug-likeness (QED) is 0.625. The van der Waals surface area contributed by atoms with Crippen molar-refractivity contribution in [3.63, 3.8) is 0 Å². The number of aromatic nitrogens is 1. The third kappa shape index (κ3) is 1.32. The van der Waals surface area contributed by atoms with Crippen LogP contribution in [0, 0.1) is 0 Å². The molecule has 1 heterocycles. The Kier molecular flexibility index (Phi) is 1.88. The average Bonchev–Trinajstić information content (AvgIpc) is 2.39. The number of hydrogen-bond acceptors (Lipinski definition) is 4. The molecule has 3 N–H and O–H groups in total. The van der Waals surface area contributed by atoms with Gasteiger partial charge < -0.3 is 10.2 Å². The van der Waals surface area contributed by atoms with Crippen molar-refractivity contribution >= 4 is 21.2 Å². The molecular formula is C8H7NO5S. The maximum atomic E-state index is 10.9. The van der Waals surface area contributed by atoms with Gasteiger partial charge in [-0.15, -0.1) is 0 Å². The lowest BCUT2D eigenvalue weighted by atomic mass is 10.2. The van der Waals surface area contributed by atoms with Gasteiger partial charge in [-0.1, -0.05) is 12.1 Å². The first kappa shape index (κ1) is 9.81. The van der Waals surface area contributed by atoms with E-state index in [1.54, 1.807) is 6.07 Å². The van der Waals surface area contributed by atoms with Crippen LogP contribution in [0.5, 0.6) is 11.6 Å². The highest BCUT2D eigenvalue weighted by atomic mass is 32.2. The molecule has 0 saturated heterocycles. The number of aromatic hydroxyl groups is 2. The van der Waals surface area contributed by atoms with E-state index in [4.69, 9.17) is 4.55 Å². The Hall–Kier alpha value is -1.73. The maximum Gasteiger partial charge on any atom is 0.366 e. The minimum Gasteiger partial charge on any atom is -0.503 e. The summed E-state index contributed by atoms with van der Waals surface area (Å²) in [6, 6.07) is 5.85. The molecule has 1 aromatic carbocycles. The van der Waals surface area contributed by atoms with Crippen LogP contribution in [0.25, 0.3) is 10.9 Å². The number of para-hydroxylation sites is 1. The van der Waals surface area contributed by atoms with Crippen molar-refractivity contribution in [3.05, 3.63) is 24.3 Å². The zero-order chi connectivity index (χ0) is 11.2. The lowest BCUT2D eigenvalue weighted by molar-refractivity contribution is 0.385. The number of fused-ring (bicyclic) bond motifs is 1. The molecular weight excluding hydrogens is 222 g/mol. The second kappa shape index (κ2) is 2.88. The molecule has 0 aliphatic rings. The van der Waals surface area contributed by atoms with Gasteiger partial charge in [-0.2, -0.15) is 12.4 Å². The molecule has 7 heteroatoms. The fourth-order valence-electron chi connectivity index (χ4n) is 1.42. The normalized spacial score (nSPS) is 12.1. The number of nitrogens with zero attached hydrogens (tertiary/aromatic N) is 1. The fraction of sp³-hybridized carbons (Fsp3) is 0. The van der Waals surface area contributed by atoms with Crippen LogP contribution in [-0.4, -0.2) is 27.2 Å². The standard InChI is InChI=1S/C8H7NO5S/c10-7-5-3-1-2-4-6(5)9(8(7)11)15(12,13)14/h1-4,10-11H,(H,12,13,14). The van der Waals surface area contributed by atoms with Crippen LogP contribution in [0.3, 0.4) is 0 Å². The first-order valence-corrected chi connectivity index (χ1v) is 5.32. The Labute approximate surface area is 84.9 Å². The Morgan fingerprint density at radius 3 is 2.33 bits per heavy atom. The first-order valence-electron chi connectivity index (χ1n) is 3.92. The van der Waals surface area contributed by atoms with Gasteiger partial charge in [-0.25, -0.2) is 0 Å². The maximum absolute atomic E-state index is 10.9. The zero-order valence-electron chi connectivity index (χ0n) is 7.32. The minimum atomic E-state index is -4.63. The first-order chi connectivity index (χ1) is 6.93. The summed E-state index contributed by atoms with van der Waals surface area (Å²) >= 11 is 0. The SMILES string of the molecule is O=S(=O)(O)n1c(O)c(O)c2ccccc21. The van der Waals surface area contributed by atoms with Crippen molar-refractivity contribution in [2.24, 2.45) is 0 Å². The van der Waals surface area contributed by atoms with Gasteiger partial charge in [0.1, 0.15) is 0 Å². The Morgan fingerprint density at radius 1 is 1.13 bits per heavy atom. The highest BCUT2D eigenvalue weighted by molar-refractivity contribution is 7.84. The Morgan fingerprint density at radius 2 is 1.73 bits per heavy atom. The molecule has 0 fully saturated rings. The molecule has 0 aliphatic heterocycles. The number of rotatable bonds is 1. The minimum absolute atomic E-state index is 0.00926. The molecule has 0 atom stereocenters. The van der Waals surface area contributed by atoms with Crippen LogP contribution in [-0.2, 0) is 10.3 Å². The van der Waals surface area contributed by atoms with Crippen LogP contribution in [0.1, 0.15) is 0 Å². The van der Waals surface area contributed by atoms with Gasteiger partial charge in [0.05, 0.1) is 5.52 Å². The molecule has 0 aliphatic carbocycles. The largest absolute Gasteiger partial charge is 0.503 e. The van der Waals surface area contributed by atoms with Gasteiger partial charge in [-0.3, -0.25) is 4.55 Å². The molecule has 0 amide bonds. The van der Waals surface area contributed by atoms with Crippen LogP contribution in [0.2, 0.25) is 0 Å². The molecule has 15 heavy (non-hydrogen) atoms.